The van der Waals surface area contributed by atoms with E-state index in [9.17, 15) is 8.78 Å². The van der Waals surface area contributed by atoms with E-state index in [4.69, 9.17) is 5.73 Å². The summed E-state index contributed by atoms with van der Waals surface area (Å²) in [7, 11) is 0. The summed E-state index contributed by atoms with van der Waals surface area (Å²) in [6.07, 6.45) is 1.58. The summed E-state index contributed by atoms with van der Waals surface area (Å²) >= 11 is 0. The van der Waals surface area contributed by atoms with Gasteiger partial charge in [-0.2, -0.15) is 0 Å². The third-order valence-electron chi connectivity index (χ3n) is 3.44. The summed E-state index contributed by atoms with van der Waals surface area (Å²) in [6.45, 7) is 4.04. The monoisotopic (exact) mass is 267 g/mol. The van der Waals surface area contributed by atoms with E-state index in [1.807, 2.05) is 13.8 Å². The molecule has 3 N–H and O–H groups in total. The van der Waals surface area contributed by atoms with Gasteiger partial charge in [0.1, 0.15) is 11.6 Å². The first kappa shape index (κ1) is 13.8. The Hall–Kier alpha value is -1.65. The van der Waals surface area contributed by atoms with Crippen molar-refractivity contribution in [3.05, 3.63) is 35.4 Å². The molecule has 0 bridgehead atoms. The number of nitrogens with two attached hydrogens (primary N) is 1. The van der Waals surface area contributed by atoms with Crippen LogP contribution in [0, 0.1) is 11.6 Å². The SMILES string of the molecule is CCC(C)NC(N)=NC1CC1c1c(F)cccc1F. The van der Waals surface area contributed by atoms with Crippen molar-refractivity contribution in [1.82, 2.24) is 5.32 Å². The number of rotatable bonds is 4. The van der Waals surface area contributed by atoms with Crippen LogP contribution in [0.1, 0.15) is 38.2 Å². The molecule has 1 aliphatic carbocycles. The third kappa shape index (κ3) is 3.22. The molecule has 2 rings (SSSR count). The second kappa shape index (κ2) is 5.55. The molecule has 3 atom stereocenters. The van der Waals surface area contributed by atoms with E-state index < -0.39 is 11.6 Å². The lowest BCUT2D eigenvalue weighted by atomic mass is 10.1. The highest BCUT2D eigenvalue weighted by molar-refractivity contribution is 5.78. The summed E-state index contributed by atoms with van der Waals surface area (Å²) in [5.74, 6) is -0.857. The van der Waals surface area contributed by atoms with E-state index in [-0.39, 0.29) is 23.6 Å². The van der Waals surface area contributed by atoms with Gasteiger partial charge in [-0.3, -0.25) is 0 Å². The Labute approximate surface area is 111 Å². The van der Waals surface area contributed by atoms with Crippen molar-refractivity contribution in [1.29, 1.82) is 0 Å². The Bertz CT molecular complexity index is 467. The first-order chi connectivity index (χ1) is 9.02. The Kier molecular flexibility index (Phi) is 4.02. The van der Waals surface area contributed by atoms with Crippen LogP contribution in [0.3, 0.4) is 0 Å². The molecular formula is C14H19F2N3. The quantitative estimate of drug-likeness (QED) is 0.650. The number of aliphatic imine (C=N–C) groups is 1. The van der Waals surface area contributed by atoms with Gasteiger partial charge < -0.3 is 11.1 Å². The van der Waals surface area contributed by atoms with Crippen molar-refractivity contribution in [2.45, 2.75) is 44.7 Å². The molecule has 0 spiro atoms. The number of hydrogen-bond donors (Lipinski definition) is 2. The lowest BCUT2D eigenvalue weighted by Crippen LogP contribution is -2.38. The Morgan fingerprint density at radius 3 is 2.68 bits per heavy atom. The molecule has 3 unspecified atom stereocenters. The first-order valence-corrected chi connectivity index (χ1v) is 6.56. The van der Waals surface area contributed by atoms with E-state index in [1.54, 1.807) is 0 Å². The van der Waals surface area contributed by atoms with Crippen LogP contribution >= 0.6 is 0 Å². The van der Waals surface area contributed by atoms with Crippen LogP contribution in [-0.2, 0) is 0 Å². The van der Waals surface area contributed by atoms with Crippen LogP contribution in [0.15, 0.2) is 23.2 Å². The van der Waals surface area contributed by atoms with Crippen LogP contribution in [0.2, 0.25) is 0 Å². The fraction of sp³-hybridized carbons (Fsp3) is 0.500. The maximum absolute atomic E-state index is 13.6. The molecule has 0 aliphatic heterocycles. The predicted molar refractivity (Wildman–Crippen MR) is 72.0 cm³/mol. The van der Waals surface area contributed by atoms with Crippen molar-refractivity contribution in [2.24, 2.45) is 10.7 Å². The molecule has 0 radical (unpaired) electrons. The number of benzene rings is 1. The van der Waals surface area contributed by atoms with Crippen LogP contribution < -0.4 is 11.1 Å². The molecule has 1 fully saturated rings. The van der Waals surface area contributed by atoms with Gasteiger partial charge in [-0.15, -0.1) is 0 Å². The highest BCUT2D eigenvalue weighted by Gasteiger charge is 2.42. The van der Waals surface area contributed by atoms with Crippen molar-refractivity contribution < 1.29 is 8.78 Å². The molecule has 5 heteroatoms. The summed E-state index contributed by atoms with van der Waals surface area (Å²) in [5, 5.41) is 3.04. The fourth-order valence-electron chi connectivity index (χ4n) is 2.07. The average molecular weight is 267 g/mol. The minimum Gasteiger partial charge on any atom is -0.370 e. The molecule has 1 saturated carbocycles. The smallest absolute Gasteiger partial charge is 0.189 e. The van der Waals surface area contributed by atoms with Gasteiger partial charge in [0.25, 0.3) is 0 Å². The Balaban J connectivity index is 2.03. The van der Waals surface area contributed by atoms with Gasteiger partial charge in [0, 0.05) is 17.5 Å². The van der Waals surface area contributed by atoms with Crippen molar-refractivity contribution in [2.75, 3.05) is 0 Å². The van der Waals surface area contributed by atoms with Gasteiger partial charge in [0.05, 0.1) is 6.04 Å². The minimum atomic E-state index is -0.504. The highest BCUT2D eigenvalue weighted by atomic mass is 19.1. The summed E-state index contributed by atoms with van der Waals surface area (Å²) < 4.78 is 27.2. The molecule has 1 aromatic carbocycles. The van der Waals surface area contributed by atoms with Crippen LogP contribution in [0.4, 0.5) is 8.78 Å². The molecule has 3 nitrogen and oxygen atoms in total. The number of halogens is 2. The van der Waals surface area contributed by atoms with E-state index in [1.165, 1.54) is 18.2 Å². The van der Waals surface area contributed by atoms with Gasteiger partial charge in [-0.05, 0) is 31.9 Å². The van der Waals surface area contributed by atoms with E-state index in [0.717, 1.165) is 6.42 Å². The molecule has 0 amide bonds. The molecule has 1 aliphatic rings. The van der Waals surface area contributed by atoms with Crippen molar-refractivity contribution >= 4 is 5.96 Å². The van der Waals surface area contributed by atoms with Gasteiger partial charge in [-0.25, -0.2) is 13.8 Å². The zero-order valence-corrected chi connectivity index (χ0v) is 11.2. The molecule has 0 aromatic heterocycles. The summed E-state index contributed by atoms with van der Waals surface area (Å²) in [6, 6.07) is 4.04. The largest absolute Gasteiger partial charge is 0.370 e. The maximum Gasteiger partial charge on any atom is 0.189 e. The topological polar surface area (TPSA) is 50.4 Å². The lowest BCUT2D eigenvalue weighted by molar-refractivity contribution is 0.555. The van der Waals surface area contributed by atoms with Crippen LogP contribution in [0.5, 0.6) is 0 Å². The number of nitrogens with one attached hydrogen (secondary N) is 1. The molecule has 1 aromatic rings. The standard InChI is InChI=1S/C14H19F2N3/c1-3-8(2)18-14(17)19-12-7-9(12)13-10(15)5-4-6-11(13)16/h4-6,8-9,12H,3,7H2,1-2H3,(H3,17,18,19). The number of nitrogens with zero attached hydrogens (tertiary/aromatic N) is 1. The number of hydrogen-bond acceptors (Lipinski definition) is 1. The van der Waals surface area contributed by atoms with Gasteiger partial charge >= 0.3 is 0 Å². The van der Waals surface area contributed by atoms with Gasteiger partial charge in [0.2, 0.25) is 0 Å². The van der Waals surface area contributed by atoms with E-state index >= 15 is 0 Å². The van der Waals surface area contributed by atoms with Crippen LogP contribution in [-0.4, -0.2) is 18.0 Å². The fourth-order valence-corrected chi connectivity index (χ4v) is 2.07. The van der Waals surface area contributed by atoms with Gasteiger partial charge in [0.15, 0.2) is 5.96 Å². The molecule has 0 heterocycles. The van der Waals surface area contributed by atoms with Crippen LogP contribution in [0.25, 0.3) is 0 Å². The van der Waals surface area contributed by atoms with E-state index in [2.05, 4.69) is 10.3 Å². The van der Waals surface area contributed by atoms with E-state index in [0.29, 0.717) is 12.4 Å². The number of guanidine groups is 1. The predicted octanol–water partition coefficient (Wildman–Crippen LogP) is 2.52. The molecule has 104 valence electrons. The second-order valence-corrected chi connectivity index (χ2v) is 5.01. The molecular weight excluding hydrogens is 248 g/mol. The van der Waals surface area contributed by atoms with Crippen molar-refractivity contribution in [3.63, 3.8) is 0 Å². The Morgan fingerprint density at radius 2 is 2.11 bits per heavy atom. The third-order valence-corrected chi connectivity index (χ3v) is 3.44. The molecule has 0 saturated heterocycles. The maximum atomic E-state index is 13.6. The first-order valence-electron chi connectivity index (χ1n) is 6.56. The summed E-state index contributed by atoms with van der Waals surface area (Å²) in [4.78, 5) is 4.27. The lowest BCUT2D eigenvalue weighted by Gasteiger charge is -2.11. The zero-order valence-electron chi connectivity index (χ0n) is 11.2. The summed E-state index contributed by atoms with van der Waals surface area (Å²) in [5.41, 5.74) is 5.89. The second-order valence-electron chi connectivity index (χ2n) is 5.01. The zero-order chi connectivity index (χ0) is 14.0. The normalized spacial score (nSPS) is 24.1. The van der Waals surface area contributed by atoms with Crippen molar-refractivity contribution in [3.8, 4) is 0 Å². The van der Waals surface area contributed by atoms with Gasteiger partial charge in [-0.1, -0.05) is 13.0 Å². The molecule has 19 heavy (non-hydrogen) atoms. The minimum absolute atomic E-state index is 0.122. The average Bonchev–Trinajstić information content (AvgIpc) is 3.07. The highest BCUT2D eigenvalue weighted by Crippen LogP contribution is 2.45. The Morgan fingerprint density at radius 1 is 1.47 bits per heavy atom.